The smallest absolute Gasteiger partial charge is 0.263 e. The minimum Gasteiger partial charge on any atom is -0.280 e. The molecule has 0 aliphatic carbocycles. The number of rotatable bonds is 7. The van der Waals surface area contributed by atoms with Crippen molar-refractivity contribution in [1.82, 2.24) is 4.31 Å². The van der Waals surface area contributed by atoms with Gasteiger partial charge in [0, 0.05) is 13.1 Å². The topological polar surface area (TPSA) is 83.6 Å². The maximum atomic E-state index is 13.4. The van der Waals surface area contributed by atoms with Crippen LogP contribution in [0.5, 0.6) is 0 Å². The number of nitrogens with one attached hydrogen (secondary N) is 1. The Hall–Kier alpha value is -1.39. The van der Waals surface area contributed by atoms with Gasteiger partial charge in [-0.15, -0.1) is 0 Å². The van der Waals surface area contributed by atoms with Crippen LogP contribution in [0.2, 0.25) is 10.0 Å². The summed E-state index contributed by atoms with van der Waals surface area (Å²) in [5.41, 5.74) is -0.0505. The highest BCUT2D eigenvalue weighted by Crippen LogP contribution is 2.30. The van der Waals surface area contributed by atoms with Crippen LogP contribution in [0, 0.1) is 5.82 Å². The number of nitrogens with zero attached hydrogens (tertiary/aromatic N) is 1. The van der Waals surface area contributed by atoms with Gasteiger partial charge in [-0.05, 0) is 36.4 Å². The van der Waals surface area contributed by atoms with Crippen LogP contribution in [-0.4, -0.2) is 34.2 Å². The van der Waals surface area contributed by atoms with Gasteiger partial charge in [0.15, 0.2) is 0 Å². The van der Waals surface area contributed by atoms with E-state index in [-0.39, 0.29) is 33.7 Å². The third-order valence-electron chi connectivity index (χ3n) is 3.69. The third-order valence-corrected chi connectivity index (χ3v) is 8.08. The highest BCUT2D eigenvalue weighted by Gasteiger charge is 2.26. The van der Waals surface area contributed by atoms with Gasteiger partial charge in [0.1, 0.15) is 15.6 Å². The highest BCUT2D eigenvalue weighted by molar-refractivity contribution is 7.93. The van der Waals surface area contributed by atoms with Gasteiger partial charge >= 0.3 is 0 Å². The van der Waals surface area contributed by atoms with Gasteiger partial charge in [-0.1, -0.05) is 37.0 Å². The molecule has 0 fully saturated rings. The number of sulfonamides is 2. The Labute approximate surface area is 168 Å². The number of anilines is 1. The molecule has 27 heavy (non-hydrogen) atoms. The quantitative estimate of drug-likeness (QED) is 0.685. The monoisotopic (exact) mass is 454 g/mol. The first-order valence-electron chi connectivity index (χ1n) is 7.80. The lowest BCUT2D eigenvalue weighted by molar-refractivity contribution is 0.445. The van der Waals surface area contributed by atoms with Crippen LogP contribution in [0.3, 0.4) is 0 Å². The van der Waals surface area contributed by atoms with E-state index in [4.69, 9.17) is 23.2 Å². The van der Waals surface area contributed by atoms with E-state index < -0.39 is 30.8 Å². The zero-order valence-electron chi connectivity index (χ0n) is 14.4. The summed E-state index contributed by atoms with van der Waals surface area (Å²) in [5, 5.41) is -0.220. The van der Waals surface area contributed by atoms with Crippen LogP contribution in [0.4, 0.5) is 10.1 Å². The molecule has 0 aromatic heterocycles. The summed E-state index contributed by atoms with van der Waals surface area (Å²) < 4.78 is 67.2. The Bertz CT molecular complexity index is 1060. The molecule has 0 unspecified atom stereocenters. The fraction of sp³-hybridized carbons (Fsp3) is 0.250. The van der Waals surface area contributed by atoms with Crippen molar-refractivity contribution in [1.29, 1.82) is 0 Å². The van der Waals surface area contributed by atoms with Gasteiger partial charge in [0.05, 0.1) is 15.7 Å². The predicted octanol–water partition coefficient (Wildman–Crippen LogP) is 3.96. The Morgan fingerprint density at radius 2 is 1.48 bits per heavy atom. The van der Waals surface area contributed by atoms with E-state index in [9.17, 15) is 21.2 Å². The van der Waals surface area contributed by atoms with Gasteiger partial charge in [0.2, 0.25) is 10.0 Å². The third kappa shape index (κ3) is 4.72. The van der Waals surface area contributed by atoms with E-state index >= 15 is 0 Å². The lowest BCUT2D eigenvalue weighted by Gasteiger charge is -2.20. The molecule has 0 aliphatic heterocycles. The second-order valence-corrected chi connectivity index (χ2v) is 9.79. The SMILES string of the molecule is CCN(CC)S(=O)(=O)c1cc(NS(=O)(=O)c2cc(F)ccc2Cl)ccc1Cl. The molecule has 0 heterocycles. The summed E-state index contributed by atoms with van der Waals surface area (Å²) in [6, 6.07) is 6.59. The molecule has 0 bridgehead atoms. The average Bonchev–Trinajstić information content (AvgIpc) is 2.59. The number of hydrogen-bond donors (Lipinski definition) is 1. The Kier molecular flexibility index (Phi) is 6.75. The maximum Gasteiger partial charge on any atom is 0.263 e. The molecule has 2 rings (SSSR count). The summed E-state index contributed by atoms with van der Waals surface area (Å²) in [5.74, 6) is -0.777. The Morgan fingerprint density at radius 1 is 0.926 bits per heavy atom. The first-order chi connectivity index (χ1) is 12.5. The molecule has 2 aromatic rings. The lowest BCUT2D eigenvalue weighted by atomic mass is 10.3. The van der Waals surface area contributed by atoms with Crippen molar-refractivity contribution in [2.45, 2.75) is 23.6 Å². The molecular weight excluding hydrogens is 438 g/mol. The van der Waals surface area contributed by atoms with Crippen molar-refractivity contribution in [2.24, 2.45) is 0 Å². The fourth-order valence-electron chi connectivity index (χ4n) is 2.36. The standard InChI is InChI=1S/C16H17Cl2FN2O4S2/c1-3-21(4-2)27(24,25)16-10-12(6-8-14(16)18)20-26(22,23)15-9-11(19)5-7-13(15)17/h5-10,20H,3-4H2,1-2H3. The van der Waals surface area contributed by atoms with Crippen LogP contribution < -0.4 is 4.72 Å². The molecule has 0 saturated heterocycles. The van der Waals surface area contributed by atoms with Crippen molar-refractivity contribution in [3.63, 3.8) is 0 Å². The van der Waals surface area contributed by atoms with Gasteiger partial charge in [0.25, 0.3) is 10.0 Å². The van der Waals surface area contributed by atoms with E-state index in [1.165, 1.54) is 16.4 Å². The van der Waals surface area contributed by atoms with Crippen LogP contribution >= 0.6 is 23.2 Å². The Morgan fingerprint density at radius 3 is 2.07 bits per heavy atom. The van der Waals surface area contributed by atoms with Gasteiger partial charge in [-0.25, -0.2) is 21.2 Å². The second kappa shape index (κ2) is 8.32. The fourth-order valence-corrected chi connectivity index (χ4v) is 5.88. The minimum atomic E-state index is -4.25. The number of benzene rings is 2. The van der Waals surface area contributed by atoms with Crippen LogP contribution in [-0.2, 0) is 20.0 Å². The van der Waals surface area contributed by atoms with Gasteiger partial charge in [-0.3, -0.25) is 4.72 Å². The zero-order chi connectivity index (χ0) is 20.4. The van der Waals surface area contributed by atoms with Crippen molar-refractivity contribution in [3.8, 4) is 0 Å². The molecule has 0 aliphatic rings. The van der Waals surface area contributed by atoms with E-state index in [0.29, 0.717) is 0 Å². The molecule has 0 atom stereocenters. The average molecular weight is 455 g/mol. The molecular formula is C16H17Cl2FN2O4S2. The molecule has 6 nitrogen and oxygen atoms in total. The largest absolute Gasteiger partial charge is 0.280 e. The summed E-state index contributed by atoms with van der Waals surface area (Å²) in [6.07, 6.45) is 0. The van der Waals surface area contributed by atoms with E-state index in [2.05, 4.69) is 4.72 Å². The lowest BCUT2D eigenvalue weighted by Crippen LogP contribution is -2.30. The van der Waals surface area contributed by atoms with E-state index in [1.54, 1.807) is 13.8 Å². The van der Waals surface area contributed by atoms with Gasteiger partial charge in [-0.2, -0.15) is 4.31 Å². The Balaban J connectivity index is 2.49. The first kappa shape index (κ1) is 21.9. The molecule has 0 saturated carbocycles. The summed E-state index contributed by atoms with van der Waals surface area (Å²) in [4.78, 5) is -0.703. The zero-order valence-corrected chi connectivity index (χ0v) is 17.6. The molecule has 0 radical (unpaired) electrons. The summed E-state index contributed by atoms with van der Waals surface area (Å²) in [6.45, 7) is 3.80. The molecule has 148 valence electrons. The number of halogens is 3. The summed E-state index contributed by atoms with van der Waals surface area (Å²) >= 11 is 11.9. The van der Waals surface area contributed by atoms with Crippen molar-refractivity contribution in [3.05, 3.63) is 52.3 Å². The van der Waals surface area contributed by atoms with Crippen molar-refractivity contribution < 1.29 is 21.2 Å². The second-order valence-electron chi connectivity index (χ2n) is 5.41. The predicted molar refractivity (Wildman–Crippen MR) is 104 cm³/mol. The normalized spacial score (nSPS) is 12.4. The maximum absolute atomic E-state index is 13.4. The van der Waals surface area contributed by atoms with Crippen molar-refractivity contribution in [2.75, 3.05) is 17.8 Å². The molecule has 2 aromatic carbocycles. The van der Waals surface area contributed by atoms with Gasteiger partial charge < -0.3 is 0 Å². The first-order valence-corrected chi connectivity index (χ1v) is 11.5. The molecule has 11 heteroatoms. The molecule has 0 amide bonds. The van der Waals surface area contributed by atoms with Crippen molar-refractivity contribution >= 4 is 48.9 Å². The van der Waals surface area contributed by atoms with Crippen LogP contribution in [0.1, 0.15) is 13.8 Å². The minimum absolute atomic E-state index is 0.0476. The molecule has 0 spiro atoms. The van der Waals surface area contributed by atoms with Crippen LogP contribution in [0.25, 0.3) is 0 Å². The molecule has 1 N–H and O–H groups in total. The highest BCUT2D eigenvalue weighted by atomic mass is 35.5. The van der Waals surface area contributed by atoms with E-state index in [1.807, 2.05) is 0 Å². The van der Waals surface area contributed by atoms with Crippen LogP contribution in [0.15, 0.2) is 46.2 Å². The summed E-state index contributed by atoms with van der Waals surface area (Å²) in [7, 11) is -8.16. The van der Waals surface area contributed by atoms with E-state index in [0.717, 1.165) is 24.3 Å². The number of hydrogen-bond acceptors (Lipinski definition) is 4.